The molecule has 90 valence electrons. The van der Waals surface area contributed by atoms with Crippen molar-refractivity contribution in [1.29, 1.82) is 0 Å². The van der Waals surface area contributed by atoms with Crippen molar-refractivity contribution in [1.82, 2.24) is 5.32 Å². The van der Waals surface area contributed by atoms with E-state index in [0.717, 1.165) is 31.6 Å². The lowest BCUT2D eigenvalue weighted by molar-refractivity contribution is -0.0347. The van der Waals surface area contributed by atoms with Crippen molar-refractivity contribution in [3.63, 3.8) is 0 Å². The third-order valence-corrected chi connectivity index (χ3v) is 3.46. The molecule has 1 spiro atoms. The second kappa shape index (κ2) is 4.11. The van der Waals surface area contributed by atoms with Crippen LogP contribution in [0, 0.1) is 5.82 Å². The average molecular weight is 234 g/mol. The number of nitrogens with one attached hydrogen (secondary N) is 1. The number of piperidine rings is 1. The molecule has 0 aliphatic carbocycles. The molecule has 2 aliphatic rings. The van der Waals surface area contributed by atoms with Crippen molar-refractivity contribution in [2.24, 2.45) is 5.16 Å². The lowest BCUT2D eigenvalue weighted by Gasteiger charge is -2.31. The zero-order chi connectivity index (χ0) is 11.7. The second-order valence-corrected chi connectivity index (χ2v) is 4.75. The minimum atomic E-state index is -0.240. The highest BCUT2D eigenvalue weighted by atomic mass is 19.1. The van der Waals surface area contributed by atoms with Crippen LogP contribution in [0.2, 0.25) is 0 Å². The van der Waals surface area contributed by atoms with Crippen molar-refractivity contribution >= 4 is 5.71 Å². The molecule has 0 aromatic heterocycles. The largest absolute Gasteiger partial charge is 0.387 e. The quantitative estimate of drug-likeness (QED) is 0.807. The van der Waals surface area contributed by atoms with Crippen LogP contribution in [-0.2, 0) is 4.84 Å². The highest BCUT2D eigenvalue weighted by Crippen LogP contribution is 2.32. The lowest BCUT2D eigenvalue weighted by Crippen LogP contribution is -2.45. The standard InChI is InChI=1S/C13H15FN2O/c14-11-5-2-1-4-10(11)12-8-13(17-16-12)6-3-7-15-9-13/h1-2,4-5,15H,3,6-9H2. The molecule has 0 saturated carbocycles. The number of benzene rings is 1. The van der Waals surface area contributed by atoms with Gasteiger partial charge in [-0.15, -0.1) is 0 Å². The van der Waals surface area contributed by atoms with Gasteiger partial charge in [0, 0.05) is 18.5 Å². The van der Waals surface area contributed by atoms with E-state index in [1.165, 1.54) is 6.07 Å². The maximum atomic E-state index is 13.6. The molecule has 2 aliphatic heterocycles. The van der Waals surface area contributed by atoms with Gasteiger partial charge in [0.15, 0.2) is 5.60 Å². The van der Waals surface area contributed by atoms with Crippen LogP contribution in [0.4, 0.5) is 4.39 Å². The molecule has 1 aromatic rings. The van der Waals surface area contributed by atoms with Crippen LogP contribution >= 0.6 is 0 Å². The molecule has 17 heavy (non-hydrogen) atoms. The smallest absolute Gasteiger partial charge is 0.155 e. The highest BCUT2D eigenvalue weighted by Gasteiger charge is 2.40. The van der Waals surface area contributed by atoms with E-state index in [2.05, 4.69) is 10.5 Å². The fourth-order valence-electron chi connectivity index (χ4n) is 2.53. The van der Waals surface area contributed by atoms with Gasteiger partial charge in [0.05, 0.1) is 5.71 Å². The van der Waals surface area contributed by atoms with Crippen molar-refractivity contribution < 1.29 is 9.23 Å². The molecule has 3 nitrogen and oxygen atoms in total. The molecule has 1 unspecified atom stereocenters. The molecule has 1 atom stereocenters. The third-order valence-electron chi connectivity index (χ3n) is 3.46. The van der Waals surface area contributed by atoms with E-state index in [-0.39, 0.29) is 11.4 Å². The first-order valence-electron chi connectivity index (χ1n) is 6.00. The summed E-state index contributed by atoms with van der Waals surface area (Å²) >= 11 is 0. The topological polar surface area (TPSA) is 33.6 Å². The Morgan fingerprint density at radius 3 is 3.00 bits per heavy atom. The minimum Gasteiger partial charge on any atom is -0.387 e. The van der Waals surface area contributed by atoms with E-state index in [1.807, 2.05) is 6.07 Å². The molecule has 1 aromatic carbocycles. The predicted molar refractivity (Wildman–Crippen MR) is 63.5 cm³/mol. The summed E-state index contributed by atoms with van der Waals surface area (Å²) in [7, 11) is 0. The molecule has 0 amide bonds. The van der Waals surface area contributed by atoms with E-state index in [0.29, 0.717) is 12.0 Å². The number of hydrogen-bond acceptors (Lipinski definition) is 3. The molecule has 2 heterocycles. The fourth-order valence-corrected chi connectivity index (χ4v) is 2.53. The summed E-state index contributed by atoms with van der Waals surface area (Å²) in [5, 5.41) is 7.39. The summed E-state index contributed by atoms with van der Waals surface area (Å²) in [5.74, 6) is -0.226. The van der Waals surface area contributed by atoms with E-state index in [1.54, 1.807) is 12.1 Å². The number of halogens is 1. The van der Waals surface area contributed by atoms with Gasteiger partial charge in [0.1, 0.15) is 5.82 Å². The summed E-state index contributed by atoms with van der Waals surface area (Å²) in [6.07, 6.45) is 2.77. The Bertz CT molecular complexity index is 452. The van der Waals surface area contributed by atoms with Crippen molar-refractivity contribution in [3.8, 4) is 0 Å². The van der Waals surface area contributed by atoms with Gasteiger partial charge < -0.3 is 10.2 Å². The van der Waals surface area contributed by atoms with E-state index in [9.17, 15) is 4.39 Å². The van der Waals surface area contributed by atoms with Gasteiger partial charge in [-0.05, 0) is 25.5 Å². The van der Waals surface area contributed by atoms with Crippen LogP contribution in [0.15, 0.2) is 29.4 Å². The average Bonchev–Trinajstić information content (AvgIpc) is 2.74. The second-order valence-electron chi connectivity index (χ2n) is 4.75. The van der Waals surface area contributed by atoms with E-state index >= 15 is 0 Å². The molecular weight excluding hydrogens is 219 g/mol. The molecule has 1 N–H and O–H groups in total. The molecular formula is C13H15FN2O. The van der Waals surface area contributed by atoms with Crippen molar-refractivity contribution in [2.75, 3.05) is 13.1 Å². The molecule has 4 heteroatoms. The fraction of sp³-hybridized carbons (Fsp3) is 0.462. The first-order valence-corrected chi connectivity index (χ1v) is 6.00. The SMILES string of the molecule is Fc1ccccc1C1=NOC2(CCCNC2)C1. The molecule has 1 saturated heterocycles. The molecule has 3 rings (SSSR count). The van der Waals surface area contributed by atoms with Gasteiger partial charge in [0.2, 0.25) is 0 Å². The highest BCUT2D eigenvalue weighted by molar-refractivity contribution is 6.01. The normalized spacial score (nSPS) is 27.9. The molecule has 0 bridgehead atoms. The summed E-state index contributed by atoms with van der Waals surface area (Å²) in [6.45, 7) is 1.83. The number of hydrogen-bond donors (Lipinski definition) is 1. The van der Waals surface area contributed by atoms with Gasteiger partial charge in [-0.2, -0.15) is 0 Å². The summed E-state index contributed by atoms with van der Waals surface area (Å²) in [4.78, 5) is 5.56. The van der Waals surface area contributed by atoms with Crippen LogP contribution in [0.3, 0.4) is 0 Å². The van der Waals surface area contributed by atoms with E-state index < -0.39 is 0 Å². The Hall–Kier alpha value is -1.42. The third kappa shape index (κ3) is 1.93. The Morgan fingerprint density at radius 2 is 2.24 bits per heavy atom. The zero-order valence-electron chi connectivity index (χ0n) is 9.58. The van der Waals surface area contributed by atoms with Gasteiger partial charge in [-0.3, -0.25) is 0 Å². The van der Waals surface area contributed by atoms with Gasteiger partial charge in [0.25, 0.3) is 0 Å². The summed E-state index contributed by atoms with van der Waals surface area (Å²) in [5.41, 5.74) is 1.05. The Kier molecular flexibility index (Phi) is 2.59. The monoisotopic (exact) mass is 234 g/mol. The van der Waals surface area contributed by atoms with Crippen molar-refractivity contribution in [3.05, 3.63) is 35.6 Å². The van der Waals surface area contributed by atoms with E-state index in [4.69, 9.17) is 4.84 Å². The Labute approximate surface area is 99.7 Å². The number of oxime groups is 1. The maximum absolute atomic E-state index is 13.6. The van der Waals surface area contributed by atoms with Crippen LogP contribution in [0.5, 0.6) is 0 Å². The molecule has 0 radical (unpaired) electrons. The first-order chi connectivity index (χ1) is 8.29. The van der Waals surface area contributed by atoms with Crippen LogP contribution < -0.4 is 5.32 Å². The molecule has 1 fully saturated rings. The van der Waals surface area contributed by atoms with Crippen molar-refractivity contribution in [2.45, 2.75) is 24.9 Å². The summed E-state index contributed by atoms with van der Waals surface area (Å²) < 4.78 is 13.6. The van der Waals surface area contributed by atoms with Gasteiger partial charge in [-0.1, -0.05) is 23.4 Å². The number of nitrogens with zero attached hydrogens (tertiary/aromatic N) is 1. The minimum absolute atomic E-state index is 0.226. The summed E-state index contributed by atoms with van der Waals surface area (Å²) in [6, 6.07) is 6.73. The Morgan fingerprint density at radius 1 is 1.35 bits per heavy atom. The Balaban J connectivity index is 1.81. The number of rotatable bonds is 1. The predicted octanol–water partition coefficient (Wildman–Crippen LogP) is 2.07. The van der Waals surface area contributed by atoms with Crippen LogP contribution in [0.1, 0.15) is 24.8 Å². The lowest BCUT2D eigenvalue weighted by atomic mass is 9.87. The maximum Gasteiger partial charge on any atom is 0.155 e. The zero-order valence-corrected chi connectivity index (χ0v) is 9.58. The van der Waals surface area contributed by atoms with Crippen LogP contribution in [0.25, 0.3) is 0 Å². The first kappa shape index (κ1) is 10.7. The van der Waals surface area contributed by atoms with Gasteiger partial charge >= 0.3 is 0 Å². The van der Waals surface area contributed by atoms with Crippen LogP contribution in [-0.4, -0.2) is 24.4 Å². The van der Waals surface area contributed by atoms with Gasteiger partial charge in [-0.25, -0.2) is 4.39 Å².